The minimum absolute atomic E-state index is 0.0560. The number of aromatic nitrogens is 3. The Labute approximate surface area is 372 Å². The quantitative estimate of drug-likeness (QED) is 0.0982. The fraction of sp³-hybridized carbons (Fsp3) is 0.500. The molecular weight excluding hydrogens is 821 g/mol. The summed E-state index contributed by atoms with van der Waals surface area (Å²) in [6.07, 6.45) is 14.0. The molecule has 0 spiro atoms. The van der Waals surface area contributed by atoms with Gasteiger partial charge in [0.05, 0.1) is 11.1 Å². The molecule has 5 aliphatic rings. The maximum absolute atomic E-state index is 13.5. The van der Waals surface area contributed by atoms with Gasteiger partial charge in [0.2, 0.25) is 17.7 Å². The SMILES string of the molecule is O=C(/C=C/c1cccnc1)NCCCCC1CCN(C(=O)c2ccc(N3CCC(N4CCN(CCSc5cccc6c5C(=O)N(C5CCC(=O)NC5=O)C6=O)CC4)CC3)nn2)CC1. The molecule has 8 rings (SSSR count). The average molecular weight is 877 g/mol. The number of likely N-dealkylation sites (tertiary alicyclic amines) is 1. The number of carbonyl (C=O) groups is 6. The number of fused-ring (bicyclic) bond motifs is 1. The van der Waals surface area contributed by atoms with Crippen LogP contribution < -0.4 is 15.5 Å². The van der Waals surface area contributed by atoms with Crippen LogP contribution in [0.1, 0.15) is 94.6 Å². The monoisotopic (exact) mass is 876 g/mol. The highest BCUT2D eigenvalue weighted by Crippen LogP contribution is 2.35. The topological polar surface area (TPSA) is 181 Å². The van der Waals surface area contributed by atoms with E-state index in [1.165, 1.54) is 0 Å². The van der Waals surface area contributed by atoms with Crippen molar-refractivity contribution in [1.82, 2.24) is 45.4 Å². The van der Waals surface area contributed by atoms with Crippen molar-refractivity contribution in [2.75, 3.05) is 76.1 Å². The molecule has 0 saturated carbocycles. The lowest BCUT2D eigenvalue weighted by Gasteiger charge is -2.43. The van der Waals surface area contributed by atoms with E-state index < -0.39 is 23.8 Å². The number of piperidine rings is 3. The molecule has 63 heavy (non-hydrogen) atoms. The van der Waals surface area contributed by atoms with Crippen LogP contribution in [0.4, 0.5) is 5.82 Å². The first kappa shape index (κ1) is 44.1. The van der Waals surface area contributed by atoms with Crippen LogP contribution in [-0.2, 0) is 14.4 Å². The molecule has 0 bridgehead atoms. The number of nitrogens with one attached hydrogen (secondary N) is 2. The Morgan fingerprint density at radius 3 is 2.38 bits per heavy atom. The van der Waals surface area contributed by atoms with E-state index in [0.29, 0.717) is 35.3 Å². The lowest BCUT2D eigenvalue weighted by Crippen LogP contribution is -2.54. The summed E-state index contributed by atoms with van der Waals surface area (Å²) in [6, 6.07) is 12.3. The number of imide groups is 2. The number of nitrogens with zero attached hydrogens (tertiary/aromatic N) is 8. The van der Waals surface area contributed by atoms with Crippen LogP contribution in [-0.4, -0.2) is 154 Å². The van der Waals surface area contributed by atoms with Crippen molar-refractivity contribution >= 4 is 59.1 Å². The molecule has 4 fully saturated rings. The second-order valence-corrected chi connectivity index (χ2v) is 18.1. The summed E-state index contributed by atoms with van der Waals surface area (Å²) < 4.78 is 0. The number of carbonyl (C=O) groups excluding carboxylic acids is 6. The highest BCUT2D eigenvalue weighted by atomic mass is 32.2. The van der Waals surface area contributed by atoms with Crippen LogP contribution in [0.2, 0.25) is 0 Å². The Morgan fingerprint density at radius 2 is 1.65 bits per heavy atom. The predicted octanol–water partition coefficient (Wildman–Crippen LogP) is 3.50. The molecule has 1 unspecified atom stereocenters. The van der Waals surface area contributed by atoms with Crippen molar-refractivity contribution in [3.05, 3.63) is 83.3 Å². The molecule has 5 aliphatic heterocycles. The van der Waals surface area contributed by atoms with E-state index in [0.717, 1.165) is 131 Å². The molecule has 332 valence electrons. The molecule has 6 amide bonds. The minimum Gasteiger partial charge on any atom is -0.355 e. The van der Waals surface area contributed by atoms with E-state index in [2.05, 4.69) is 40.5 Å². The van der Waals surface area contributed by atoms with Crippen molar-refractivity contribution in [3.8, 4) is 0 Å². The van der Waals surface area contributed by atoms with Crippen molar-refractivity contribution < 1.29 is 28.8 Å². The van der Waals surface area contributed by atoms with E-state index in [9.17, 15) is 28.8 Å². The van der Waals surface area contributed by atoms with Gasteiger partial charge in [-0.15, -0.1) is 22.0 Å². The van der Waals surface area contributed by atoms with Crippen LogP contribution in [0.3, 0.4) is 0 Å². The predicted molar refractivity (Wildman–Crippen MR) is 238 cm³/mol. The first-order valence-corrected chi connectivity index (χ1v) is 23.4. The number of pyridine rings is 1. The lowest BCUT2D eigenvalue weighted by atomic mass is 9.91. The molecule has 1 aromatic carbocycles. The van der Waals surface area contributed by atoms with E-state index in [4.69, 9.17) is 0 Å². The van der Waals surface area contributed by atoms with E-state index in [1.54, 1.807) is 48.4 Å². The van der Waals surface area contributed by atoms with Crippen LogP contribution in [0.5, 0.6) is 0 Å². The van der Waals surface area contributed by atoms with E-state index in [1.807, 2.05) is 35.2 Å². The summed E-state index contributed by atoms with van der Waals surface area (Å²) >= 11 is 1.56. The van der Waals surface area contributed by atoms with Crippen LogP contribution in [0.25, 0.3) is 6.08 Å². The standard InChI is InChI=1S/C46H56N10O6S/c57-40(13-9-33-6-4-19-47-31-33)48-20-2-1-5-32-15-21-55(22-16-32)45(61)36-10-12-39(51-50-36)54-23-17-34(18-24-54)53-27-25-52(26-28-53)29-30-63-38-8-3-7-35-42(38)46(62)56(44(35)60)37-11-14-41(58)49-43(37)59/h3-4,6-10,12-13,19,31-32,34,37H,1-2,5,11,14-18,20-30H2,(H,48,57)(H,49,58,59)/b13-9+. The molecule has 17 heteroatoms. The lowest BCUT2D eigenvalue weighted by molar-refractivity contribution is -0.136. The highest BCUT2D eigenvalue weighted by molar-refractivity contribution is 7.99. The third-order valence-corrected chi connectivity index (χ3v) is 14.1. The van der Waals surface area contributed by atoms with Crippen molar-refractivity contribution in [2.45, 2.75) is 74.8 Å². The van der Waals surface area contributed by atoms with Gasteiger partial charge in [0, 0.05) is 107 Å². The first-order valence-electron chi connectivity index (χ1n) is 22.4. The zero-order valence-electron chi connectivity index (χ0n) is 35.7. The number of benzene rings is 1. The molecule has 7 heterocycles. The maximum Gasteiger partial charge on any atom is 0.274 e. The number of hydrogen-bond donors (Lipinski definition) is 2. The van der Waals surface area contributed by atoms with Gasteiger partial charge in [0.25, 0.3) is 17.7 Å². The maximum atomic E-state index is 13.5. The molecular formula is C46H56N10O6S. The fourth-order valence-electron chi connectivity index (χ4n) is 9.37. The van der Waals surface area contributed by atoms with Gasteiger partial charge >= 0.3 is 0 Å². The molecule has 1 atom stereocenters. The van der Waals surface area contributed by atoms with Gasteiger partial charge in [-0.1, -0.05) is 25.0 Å². The number of unbranched alkanes of at least 4 members (excludes halogenated alkanes) is 1. The van der Waals surface area contributed by atoms with Gasteiger partial charge in [-0.2, -0.15) is 0 Å². The Kier molecular flexibility index (Phi) is 14.5. The highest BCUT2D eigenvalue weighted by Gasteiger charge is 2.45. The number of thioether (sulfide) groups is 1. The van der Waals surface area contributed by atoms with Gasteiger partial charge in [-0.05, 0) is 86.4 Å². The molecule has 0 radical (unpaired) electrons. The Hall–Kier alpha value is -5.52. The molecule has 2 N–H and O–H groups in total. The van der Waals surface area contributed by atoms with E-state index in [-0.39, 0.29) is 30.6 Å². The summed E-state index contributed by atoms with van der Waals surface area (Å²) in [7, 11) is 0. The Balaban J connectivity index is 0.700. The summed E-state index contributed by atoms with van der Waals surface area (Å²) in [5, 5.41) is 14.1. The van der Waals surface area contributed by atoms with Crippen LogP contribution in [0.15, 0.2) is 65.8 Å². The van der Waals surface area contributed by atoms with Gasteiger partial charge in [0.1, 0.15) is 6.04 Å². The molecule has 2 aromatic heterocycles. The van der Waals surface area contributed by atoms with Gasteiger partial charge in [-0.25, -0.2) is 0 Å². The fourth-order valence-corrected chi connectivity index (χ4v) is 10.5. The van der Waals surface area contributed by atoms with Crippen molar-refractivity contribution in [3.63, 3.8) is 0 Å². The Morgan fingerprint density at radius 1 is 0.841 bits per heavy atom. The van der Waals surface area contributed by atoms with Crippen molar-refractivity contribution in [2.24, 2.45) is 5.92 Å². The van der Waals surface area contributed by atoms with Gasteiger partial charge < -0.3 is 15.1 Å². The Bertz CT molecular complexity index is 2170. The molecule has 16 nitrogen and oxygen atoms in total. The summed E-state index contributed by atoms with van der Waals surface area (Å²) in [6.45, 7) is 8.61. The number of piperazine rings is 1. The van der Waals surface area contributed by atoms with Gasteiger partial charge in [-0.3, -0.25) is 53.8 Å². The first-order chi connectivity index (χ1) is 30.7. The summed E-state index contributed by atoms with van der Waals surface area (Å²) in [4.78, 5) is 91.3. The van der Waals surface area contributed by atoms with Crippen LogP contribution in [0, 0.1) is 5.92 Å². The molecule has 4 saturated heterocycles. The van der Waals surface area contributed by atoms with Crippen molar-refractivity contribution in [1.29, 1.82) is 0 Å². The minimum atomic E-state index is -0.973. The smallest absolute Gasteiger partial charge is 0.274 e. The van der Waals surface area contributed by atoms with E-state index >= 15 is 0 Å². The summed E-state index contributed by atoms with van der Waals surface area (Å²) in [5.41, 5.74) is 1.95. The zero-order chi connectivity index (χ0) is 43.7. The molecule has 3 aromatic rings. The second-order valence-electron chi connectivity index (χ2n) is 17.0. The second kappa shape index (κ2) is 20.8. The summed E-state index contributed by atoms with van der Waals surface area (Å²) in [5.74, 6) is 0.0533. The van der Waals surface area contributed by atoms with Crippen LogP contribution >= 0.6 is 11.8 Å². The number of anilines is 1. The third-order valence-electron chi connectivity index (χ3n) is 13.0. The third kappa shape index (κ3) is 10.8. The molecule has 0 aliphatic carbocycles. The number of rotatable bonds is 15. The largest absolute Gasteiger partial charge is 0.355 e. The normalized spacial score (nSPS) is 20.7. The zero-order valence-corrected chi connectivity index (χ0v) is 36.5. The number of hydrogen-bond acceptors (Lipinski definition) is 13. The number of amides is 6. The van der Waals surface area contributed by atoms with Gasteiger partial charge in [0.15, 0.2) is 11.5 Å². The average Bonchev–Trinajstić information content (AvgIpc) is 3.57.